The number of ether oxygens (including phenoxy) is 1. The summed E-state index contributed by atoms with van der Waals surface area (Å²) < 4.78 is 5.16. The van der Waals surface area contributed by atoms with Crippen molar-refractivity contribution in [3.05, 3.63) is 64.2 Å². The van der Waals surface area contributed by atoms with Gasteiger partial charge < -0.3 is 14.9 Å². The molecule has 0 spiro atoms. The molecule has 3 heteroatoms. The molecule has 0 aliphatic rings. The van der Waals surface area contributed by atoms with E-state index in [0.29, 0.717) is 17.7 Å². The van der Waals surface area contributed by atoms with E-state index in [1.807, 2.05) is 12.1 Å². The third-order valence-electron chi connectivity index (χ3n) is 4.23. The number of hydrogen-bond acceptors (Lipinski definition) is 3. The molecule has 0 fully saturated rings. The number of phenols is 1. The summed E-state index contributed by atoms with van der Waals surface area (Å²) in [7, 11) is 1.59. The molecule has 0 saturated heterocycles. The molecule has 0 amide bonds. The second-order valence-corrected chi connectivity index (χ2v) is 6.23. The number of aryl methyl sites for hydroxylation is 1. The fraction of sp³-hybridized carbons (Fsp3) is 0.368. The van der Waals surface area contributed by atoms with Crippen LogP contribution in [-0.2, 0) is 23.4 Å². The van der Waals surface area contributed by atoms with Gasteiger partial charge in [0.2, 0.25) is 0 Å². The lowest BCUT2D eigenvalue weighted by atomic mass is 9.77. The zero-order valence-corrected chi connectivity index (χ0v) is 13.7. The lowest BCUT2D eigenvalue weighted by molar-refractivity contribution is 0.181. The minimum Gasteiger partial charge on any atom is -0.507 e. The Labute approximate surface area is 132 Å². The minimum atomic E-state index is -0.228. The van der Waals surface area contributed by atoms with Gasteiger partial charge in [0.05, 0.1) is 13.2 Å². The highest BCUT2D eigenvalue weighted by atomic mass is 16.5. The molecule has 2 aromatic rings. The minimum absolute atomic E-state index is 0.118. The van der Waals surface area contributed by atoms with Crippen LogP contribution in [0.15, 0.2) is 36.4 Å². The molecule has 2 aromatic carbocycles. The zero-order chi connectivity index (χ0) is 16.3. The smallest absolute Gasteiger partial charge is 0.126 e. The van der Waals surface area contributed by atoms with Crippen molar-refractivity contribution < 1.29 is 14.9 Å². The summed E-state index contributed by atoms with van der Waals surface area (Å²) in [6, 6.07) is 12.3. The molecule has 0 radical (unpaired) electrons. The normalized spacial score (nSPS) is 11.7. The molecule has 0 aliphatic heterocycles. The lowest BCUT2D eigenvalue weighted by Gasteiger charge is -2.28. The number of rotatable bonds is 5. The molecule has 2 N–H and O–H groups in total. The maximum atomic E-state index is 10.2. The van der Waals surface area contributed by atoms with E-state index in [0.717, 1.165) is 5.56 Å². The van der Waals surface area contributed by atoms with Crippen molar-refractivity contribution in [1.82, 2.24) is 0 Å². The number of aromatic hydroxyl groups is 1. The van der Waals surface area contributed by atoms with Crippen LogP contribution in [0.4, 0.5) is 0 Å². The van der Waals surface area contributed by atoms with Crippen LogP contribution in [0.2, 0.25) is 0 Å². The Morgan fingerprint density at radius 3 is 2.14 bits per heavy atom. The quantitative estimate of drug-likeness (QED) is 0.886. The van der Waals surface area contributed by atoms with Crippen LogP contribution >= 0.6 is 0 Å². The Morgan fingerprint density at radius 2 is 1.59 bits per heavy atom. The predicted octanol–water partition coefficient (Wildman–Crippen LogP) is 3.67. The number of methoxy groups -OCH3 is 1. The van der Waals surface area contributed by atoms with Crippen LogP contribution in [0.5, 0.6) is 5.75 Å². The van der Waals surface area contributed by atoms with E-state index in [9.17, 15) is 10.2 Å². The van der Waals surface area contributed by atoms with Crippen LogP contribution in [0, 0.1) is 6.92 Å². The predicted molar refractivity (Wildman–Crippen MR) is 88.0 cm³/mol. The molecule has 2 rings (SSSR count). The van der Waals surface area contributed by atoms with Crippen LogP contribution in [0.1, 0.15) is 41.7 Å². The molecule has 0 aromatic heterocycles. The van der Waals surface area contributed by atoms with Crippen molar-refractivity contribution in [1.29, 1.82) is 0 Å². The maximum Gasteiger partial charge on any atom is 0.126 e. The first-order valence-electron chi connectivity index (χ1n) is 7.42. The van der Waals surface area contributed by atoms with Gasteiger partial charge in [-0.3, -0.25) is 0 Å². The Kier molecular flexibility index (Phi) is 4.89. The largest absolute Gasteiger partial charge is 0.507 e. The Hall–Kier alpha value is -1.84. The fourth-order valence-electron chi connectivity index (χ4n) is 2.64. The zero-order valence-electron chi connectivity index (χ0n) is 13.7. The van der Waals surface area contributed by atoms with Crippen LogP contribution in [0.25, 0.3) is 0 Å². The molecule has 0 saturated carbocycles. The first-order chi connectivity index (χ1) is 10.4. The first-order valence-corrected chi connectivity index (χ1v) is 7.42. The van der Waals surface area contributed by atoms with E-state index in [4.69, 9.17) is 4.74 Å². The Bertz CT molecular complexity index is 642. The highest BCUT2D eigenvalue weighted by molar-refractivity contribution is 5.48. The molecular formula is C19H24O3. The fourth-order valence-corrected chi connectivity index (χ4v) is 2.64. The summed E-state index contributed by atoms with van der Waals surface area (Å²) in [4.78, 5) is 0. The van der Waals surface area contributed by atoms with E-state index >= 15 is 0 Å². The maximum absolute atomic E-state index is 10.2. The van der Waals surface area contributed by atoms with Gasteiger partial charge in [0.1, 0.15) is 5.75 Å². The van der Waals surface area contributed by atoms with Crippen molar-refractivity contribution in [2.24, 2.45) is 0 Å². The number of benzene rings is 2. The summed E-state index contributed by atoms with van der Waals surface area (Å²) in [5, 5.41) is 19.7. The number of hydrogen-bond donors (Lipinski definition) is 2. The summed E-state index contributed by atoms with van der Waals surface area (Å²) in [6.07, 6.45) is 0. The second kappa shape index (κ2) is 6.51. The third-order valence-corrected chi connectivity index (χ3v) is 4.23. The van der Waals surface area contributed by atoms with Gasteiger partial charge >= 0.3 is 0 Å². The van der Waals surface area contributed by atoms with Gasteiger partial charge in [0, 0.05) is 23.7 Å². The number of aliphatic hydroxyl groups is 1. The molecule has 3 nitrogen and oxygen atoms in total. The van der Waals surface area contributed by atoms with Gasteiger partial charge in [0.25, 0.3) is 0 Å². The summed E-state index contributed by atoms with van der Waals surface area (Å²) in [5.41, 5.74) is 4.46. The van der Waals surface area contributed by atoms with E-state index in [1.54, 1.807) is 7.11 Å². The molecule has 0 atom stereocenters. The monoisotopic (exact) mass is 300 g/mol. The average molecular weight is 300 g/mol. The average Bonchev–Trinajstić information content (AvgIpc) is 2.49. The van der Waals surface area contributed by atoms with Crippen molar-refractivity contribution >= 4 is 0 Å². The summed E-state index contributed by atoms with van der Waals surface area (Å²) >= 11 is 0. The molecule has 22 heavy (non-hydrogen) atoms. The van der Waals surface area contributed by atoms with Gasteiger partial charge in [-0.05, 0) is 30.2 Å². The molecule has 0 heterocycles. The first kappa shape index (κ1) is 16.5. The second-order valence-electron chi connectivity index (χ2n) is 6.23. The highest BCUT2D eigenvalue weighted by Gasteiger charge is 2.25. The van der Waals surface area contributed by atoms with E-state index in [1.165, 1.54) is 11.1 Å². The molecule has 0 bridgehead atoms. The Balaban J connectivity index is 2.54. The van der Waals surface area contributed by atoms with E-state index in [-0.39, 0.29) is 17.8 Å². The van der Waals surface area contributed by atoms with Gasteiger partial charge in [-0.1, -0.05) is 43.7 Å². The summed E-state index contributed by atoms with van der Waals surface area (Å²) in [5.74, 6) is 0.118. The third kappa shape index (κ3) is 3.16. The molecule has 118 valence electrons. The van der Waals surface area contributed by atoms with Crippen molar-refractivity contribution in [2.75, 3.05) is 7.11 Å². The van der Waals surface area contributed by atoms with Gasteiger partial charge in [-0.15, -0.1) is 0 Å². The van der Waals surface area contributed by atoms with Crippen molar-refractivity contribution in [3.63, 3.8) is 0 Å². The van der Waals surface area contributed by atoms with Gasteiger partial charge in [-0.25, -0.2) is 0 Å². The molecular weight excluding hydrogens is 276 g/mol. The van der Waals surface area contributed by atoms with E-state index in [2.05, 4.69) is 45.0 Å². The Morgan fingerprint density at radius 1 is 1.00 bits per heavy atom. The van der Waals surface area contributed by atoms with Gasteiger partial charge in [0.15, 0.2) is 0 Å². The van der Waals surface area contributed by atoms with Crippen LogP contribution < -0.4 is 0 Å². The number of aliphatic hydroxyl groups excluding tert-OH is 1. The molecule has 0 aliphatic carbocycles. The van der Waals surface area contributed by atoms with E-state index < -0.39 is 0 Å². The highest BCUT2D eigenvalue weighted by Crippen LogP contribution is 2.36. The van der Waals surface area contributed by atoms with Gasteiger partial charge in [-0.2, -0.15) is 0 Å². The van der Waals surface area contributed by atoms with Crippen LogP contribution in [-0.4, -0.2) is 17.3 Å². The molecule has 0 unspecified atom stereocenters. The van der Waals surface area contributed by atoms with Crippen molar-refractivity contribution in [3.8, 4) is 5.75 Å². The topological polar surface area (TPSA) is 49.7 Å². The van der Waals surface area contributed by atoms with Crippen molar-refractivity contribution in [2.45, 2.75) is 39.4 Å². The lowest BCUT2D eigenvalue weighted by Crippen LogP contribution is -2.19. The summed E-state index contributed by atoms with van der Waals surface area (Å²) in [6.45, 7) is 6.47. The SMILES string of the molecule is COCc1cc(C(C)(C)c2ccc(C)cc2)cc(CO)c1O. The van der Waals surface area contributed by atoms with Crippen LogP contribution in [0.3, 0.4) is 0 Å². The standard InChI is InChI=1S/C19H24O3/c1-13-5-7-16(8-6-13)19(2,3)17-9-14(11-20)18(21)15(10-17)12-22-4/h5-10,20-21H,11-12H2,1-4H3.